The highest BCUT2D eigenvalue weighted by Crippen LogP contribution is 2.31. The first-order valence-electron chi connectivity index (χ1n) is 8.29. The maximum absolute atomic E-state index is 12.6. The Bertz CT molecular complexity index is 803. The minimum absolute atomic E-state index is 0.0642. The average molecular weight is 338 g/mol. The van der Waals surface area contributed by atoms with E-state index in [-0.39, 0.29) is 18.0 Å². The monoisotopic (exact) mass is 338 g/mol. The number of rotatable bonds is 3. The molecule has 2 aromatic carbocycles. The van der Waals surface area contributed by atoms with Crippen molar-refractivity contribution in [2.75, 3.05) is 24.7 Å². The molecule has 2 amide bonds. The zero-order valence-electron chi connectivity index (χ0n) is 13.6. The summed E-state index contributed by atoms with van der Waals surface area (Å²) in [5.41, 5.74) is 2.29. The standard InChI is InChI=1S/C19H18N2O4/c22-18(20-16-9-11-24-17-4-2-1-3-15(16)17)13-5-7-14(8-6-13)21-10-12-25-19(21)23/h1-8,16H,9-12H2,(H,20,22)/t16-/m1/s1. The molecule has 2 aliphatic heterocycles. The van der Waals surface area contributed by atoms with Crippen LogP contribution in [0.4, 0.5) is 10.5 Å². The summed E-state index contributed by atoms with van der Waals surface area (Å²) in [6.45, 7) is 1.51. The van der Waals surface area contributed by atoms with Crippen molar-refractivity contribution < 1.29 is 19.1 Å². The third-order valence-corrected chi connectivity index (χ3v) is 4.47. The van der Waals surface area contributed by atoms with Crippen molar-refractivity contribution in [3.63, 3.8) is 0 Å². The quantitative estimate of drug-likeness (QED) is 0.934. The summed E-state index contributed by atoms with van der Waals surface area (Å²) >= 11 is 0. The summed E-state index contributed by atoms with van der Waals surface area (Å²) in [5.74, 6) is 0.680. The van der Waals surface area contributed by atoms with Gasteiger partial charge in [0.25, 0.3) is 5.91 Å². The molecule has 0 saturated carbocycles. The highest BCUT2D eigenvalue weighted by molar-refractivity contribution is 5.96. The lowest BCUT2D eigenvalue weighted by Gasteiger charge is -2.26. The molecule has 0 unspecified atom stereocenters. The average Bonchev–Trinajstić information content (AvgIpc) is 3.08. The number of para-hydroxylation sites is 1. The molecule has 25 heavy (non-hydrogen) atoms. The molecule has 6 heteroatoms. The van der Waals surface area contributed by atoms with E-state index in [2.05, 4.69) is 5.32 Å². The molecule has 2 heterocycles. The summed E-state index contributed by atoms with van der Waals surface area (Å²) in [4.78, 5) is 25.7. The molecule has 1 fully saturated rings. The highest BCUT2D eigenvalue weighted by Gasteiger charge is 2.25. The fourth-order valence-corrected chi connectivity index (χ4v) is 3.15. The number of hydrogen-bond acceptors (Lipinski definition) is 4. The third kappa shape index (κ3) is 3.03. The molecule has 4 rings (SSSR count). The molecule has 128 valence electrons. The van der Waals surface area contributed by atoms with E-state index in [1.807, 2.05) is 24.3 Å². The van der Waals surface area contributed by atoms with Crippen LogP contribution in [0.3, 0.4) is 0 Å². The molecule has 0 aliphatic carbocycles. The van der Waals surface area contributed by atoms with Crippen LogP contribution in [-0.2, 0) is 4.74 Å². The van der Waals surface area contributed by atoms with Crippen LogP contribution < -0.4 is 15.0 Å². The number of fused-ring (bicyclic) bond motifs is 1. The van der Waals surface area contributed by atoms with Crippen molar-refractivity contribution in [1.29, 1.82) is 0 Å². The minimum Gasteiger partial charge on any atom is -0.493 e. The zero-order valence-corrected chi connectivity index (χ0v) is 13.6. The summed E-state index contributed by atoms with van der Waals surface area (Å²) in [5, 5.41) is 3.06. The van der Waals surface area contributed by atoms with Crippen molar-refractivity contribution >= 4 is 17.7 Å². The largest absolute Gasteiger partial charge is 0.493 e. The van der Waals surface area contributed by atoms with Crippen LogP contribution in [0, 0.1) is 0 Å². The number of nitrogens with zero attached hydrogens (tertiary/aromatic N) is 1. The molecule has 1 atom stereocenters. The number of anilines is 1. The normalized spacial score (nSPS) is 19.0. The van der Waals surface area contributed by atoms with E-state index < -0.39 is 0 Å². The predicted octanol–water partition coefficient (Wildman–Crippen LogP) is 2.90. The van der Waals surface area contributed by atoms with E-state index in [1.165, 1.54) is 0 Å². The molecule has 1 saturated heterocycles. The van der Waals surface area contributed by atoms with Gasteiger partial charge in [0.2, 0.25) is 0 Å². The van der Waals surface area contributed by atoms with Gasteiger partial charge in [0.1, 0.15) is 12.4 Å². The van der Waals surface area contributed by atoms with Crippen LogP contribution in [0.5, 0.6) is 5.75 Å². The Hall–Kier alpha value is -3.02. The predicted molar refractivity (Wildman–Crippen MR) is 91.9 cm³/mol. The number of hydrogen-bond donors (Lipinski definition) is 1. The zero-order chi connectivity index (χ0) is 17.2. The Morgan fingerprint density at radius 2 is 1.84 bits per heavy atom. The van der Waals surface area contributed by atoms with Crippen LogP contribution >= 0.6 is 0 Å². The van der Waals surface area contributed by atoms with Gasteiger partial charge in [-0.25, -0.2) is 4.79 Å². The molecule has 0 spiro atoms. The van der Waals surface area contributed by atoms with Gasteiger partial charge in [0.15, 0.2) is 0 Å². The van der Waals surface area contributed by atoms with E-state index in [0.29, 0.717) is 25.3 Å². The second-order valence-electron chi connectivity index (χ2n) is 6.01. The Morgan fingerprint density at radius 3 is 2.60 bits per heavy atom. The number of nitrogens with one attached hydrogen (secondary N) is 1. The van der Waals surface area contributed by atoms with Gasteiger partial charge in [-0.3, -0.25) is 9.69 Å². The number of ether oxygens (including phenoxy) is 2. The molecule has 0 bridgehead atoms. The van der Waals surface area contributed by atoms with Crippen molar-refractivity contribution in [3.05, 3.63) is 59.7 Å². The summed E-state index contributed by atoms with van der Waals surface area (Å²) < 4.78 is 10.6. The van der Waals surface area contributed by atoms with Crippen LogP contribution in [0.15, 0.2) is 48.5 Å². The first-order valence-corrected chi connectivity index (χ1v) is 8.29. The molecule has 0 aromatic heterocycles. The second-order valence-corrected chi connectivity index (χ2v) is 6.01. The lowest BCUT2D eigenvalue weighted by molar-refractivity contribution is 0.0925. The number of carbonyl (C=O) groups excluding carboxylic acids is 2. The number of carbonyl (C=O) groups is 2. The van der Waals surface area contributed by atoms with Gasteiger partial charge in [0.05, 0.1) is 19.2 Å². The summed E-state index contributed by atoms with van der Waals surface area (Å²) in [6.07, 6.45) is 0.386. The first kappa shape index (κ1) is 15.5. The van der Waals surface area contributed by atoms with E-state index in [9.17, 15) is 9.59 Å². The van der Waals surface area contributed by atoms with Gasteiger partial charge in [-0.15, -0.1) is 0 Å². The van der Waals surface area contributed by atoms with E-state index in [0.717, 1.165) is 23.4 Å². The van der Waals surface area contributed by atoms with Crippen molar-refractivity contribution in [2.45, 2.75) is 12.5 Å². The Balaban J connectivity index is 1.48. The van der Waals surface area contributed by atoms with Crippen LogP contribution in [0.1, 0.15) is 28.4 Å². The van der Waals surface area contributed by atoms with Gasteiger partial charge in [-0.05, 0) is 30.3 Å². The lowest BCUT2D eigenvalue weighted by atomic mass is 10.00. The first-order chi connectivity index (χ1) is 12.2. The van der Waals surface area contributed by atoms with Gasteiger partial charge in [-0.1, -0.05) is 18.2 Å². The third-order valence-electron chi connectivity index (χ3n) is 4.47. The number of amides is 2. The molecule has 1 N–H and O–H groups in total. The summed E-state index contributed by atoms with van der Waals surface area (Å²) in [6, 6.07) is 14.7. The van der Waals surface area contributed by atoms with Gasteiger partial charge < -0.3 is 14.8 Å². The van der Waals surface area contributed by atoms with Gasteiger partial charge in [-0.2, -0.15) is 0 Å². The lowest BCUT2D eigenvalue weighted by Crippen LogP contribution is -2.32. The minimum atomic E-state index is -0.351. The van der Waals surface area contributed by atoms with E-state index in [1.54, 1.807) is 29.2 Å². The van der Waals surface area contributed by atoms with Gasteiger partial charge >= 0.3 is 6.09 Å². The Labute approximate surface area is 145 Å². The van der Waals surface area contributed by atoms with Crippen LogP contribution in [0.2, 0.25) is 0 Å². The van der Waals surface area contributed by atoms with Crippen LogP contribution in [-0.4, -0.2) is 31.8 Å². The molecular weight excluding hydrogens is 320 g/mol. The number of cyclic esters (lactones) is 1. The molecular formula is C19H18N2O4. The Morgan fingerprint density at radius 1 is 1.04 bits per heavy atom. The summed E-state index contributed by atoms with van der Waals surface area (Å²) in [7, 11) is 0. The maximum atomic E-state index is 12.6. The van der Waals surface area contributed by atoms with Crippen molar-refractivity contribution in [2.24, 2.45) is 0 Å². The van der Waals surface area contributed by atoms with Gasteiger partial charge in [0, 0.05) is 23.2 Å². The molecule has 2 aliphatic rings. The van der Waals surface area contributed by atoms with Crippen molar-refractivity contribution in [3.8, 4) is 5.75 Å². The smallest absolute Gasteiger partial charge is 0.414 e. The van der Waals surface area contributed by atoms with Crippen LogP contribution in [0.25, 0.3) is 0 Å². The van der Waals surface area contributed by atoms with E-state index in [4.69, 9.17) is 9.47 Å². The fourth-order valence-electron chi connectivity index (χ4n) is 3.15. The SMILES string of the molecule is O=C(N[C@@H]1CCOc2ccccc21)c1ccc(N2CCOC2=O)cc1. The maximum Gasteiger partial charge on any atom is 0.414 e. The topological polar surface area (TPSA) is 67.9 Å². The molecule has 0 radical (unpaired) electrons. The second kappa shape index (κ2) is 6.47. The highest BCUT2D eigenvalue weighted by atomic mass is 16.6. The van der Waals surface area contributed by atoms with Crippen molar-refractivity contribution in [1.82, 2.24) is 5.32 Å². The fraction of sp³-hybridized carbons (Fsp3) is 0.263. The number of benzene rings is 2. The van der Waals surface area contributed by atoms with E-state index >= 15 is 0 Å². The Kier molecular flexibility index (Phi) is 4.01. The molecule has 6 nitrogen and oxygen atoms in total. The molecule has 2 aromatic rings.